The molecule has 1 amide bonds. The lowest BCUT2D eigenvalue weighted by Crippen LogP contribution is -2.28. The van der Waals surface area contributed by atoms with Crippen LogP contribution < -0.4 is 14.4 Å². The van der Waals surface area contributed by atoms with Crippen molar-refractivity contribution in [2.75, 3.05) is 11.7 Å². The molecule has 0 unspecified atom stereocenters. The normalized spacial score (nSPS) is 12.5. The average molecular weight is 433 g/mol. The molecule has 0 bridgehead atoms. The average Bonchev–Trinajstić information content (AvgIpc) is 3.42. The number of carbonyl (C=O) groups is 1. The number of thiazole rings is 1. The summed E-state index contributed by atoms with van der Waals surface area (Å²) in [6.07, 6.45) is 6.58. The molecule has 31 heavy (non-hydrogen) atoms. The van der Waals surface area contributed by atoms with E-state index in [-0.39, 0.29) is 18.5 Å². The summed E-state index contributed by atoms with van der Waals surface area (Å²) in [5, 5.41) is 0.491. The third-order valence-electron chi connectivity index (χ3n) is 4.71. The highest BCUT2D eigenvalue weighted by Crippen LogP contribution is 2.33. The second kappa shape index (κ2) is 8.16. The number of anilines is 1. The molecule has 4 aromatic rings. The SMILES string of the molecule is O=C(/C=C/c1ccc2c(c1)OCO2)N(Cc1cccnc1)c1nc2ccc(F)cc2s1. The minimum atomic E-state index is -0.337. The molecule has 5 rings (SSSR count). The summed E-state index contributed by atoms with van der Waals surface area (Å²) in [6.45, 7) is 0.485. The number of pyridine rings is 1. The highest BCUT2D eigenvalue weighted by atomic mass is 32.1. The van der Waals surface area contributed by atoms with Gasteiger partial charge < -0.3 is 9.47 Å². The van der Waals surface area contributed by atoms with Crippen molar-refractivity contribution in [2.45, 2.75) is 6.54 Å². The zero-order chi connectivity index (χ0) is 21.2. The van der Waals surface area contributed by atoms with Crippen LogP contribution in [0.2, 0.25) is 0 Å². The Balaban J connectivity index is 1.46. The van der Waals surface area contributed by atoms with Gasteiger partial charge in [-0.15, -0.1) is 0 Å². The summed E-state index contributed by atoms with van der Waals surface area (Å²) >= 11 is 1.27. The number of amides is 1. The number of fused-ring (bicyclic) bond motifs is 2. The summed E-state index contributed by atoms with van der Waals surface area (Å²) < 4.78 is 25.0. The maximum absolute atomic E-state index is 13.6. The van der Waals surface area contributed by atoms with Gasteiger partial charge in [0.05, 0.1) is 16.8 Å². The van der Waals surface area contributed by atoms with Crippen LogP contribution in [-0.2, 0) is 11.3 Å². The standard InChI is InChI=1S/C23H16FN3O3S/c24-17-5-6-18-21(11-17)31-23(26-18)27(13-16-2-1-9-25-12-16)22(28)8-4-15-3-7-19-20(10-15)30-14-29-19/h1-12H,13-14H2/b8-4+. The van der Waals surface area contributed by atoms with Crippen molar-refractivity contribution in [3.8, 4) is 11.5 Å². The highest BCUT2D eigenvalue weighted by molar-refractivity contribution is 7.22. The molecule has 0 aliphatic carbocycles. The van der Waals surface area contributed by atoms with Crippen molar-refractivity contribution in [3.63, 3.8) is 0 Å². The van der Waals surface area contributed by atoms with Crippen molar-refractivity contribution >= 4 is 38.7 Å². The van der Waals surface area contributed by atoms with Gasteiger partial charge >= 0.3 is 0 Å². The molecule has 0 saturated carbocycles. The maximum atomic E-state index is 13.6. The van der Waals surface area contributed by atoms with E-state index in [1.165, 1.54) is 29.5 Å². The molecule has 6 nitrogen and oxygen atoms in total. The van der Waals surface area contributed by atoms with Gasteiger partial charge in [-0.2, -0.15) is 0 Å². The molecule has 0 fully saturated rings. The Kier molecular flexibility index (Phi) is 5.05. The van der Waals surface area contributed by atoms with E-state index < -0.39 is 0 Å². The molecular formula is C23H16FN3O3S. The molecule has 0 N–H and O–H groups in total. The van der Waals surface area contributed by atoms with Crippen molar-refractivity contribution in [2.24, 2.45) is 0 Å². The van der Waals surface area contributed by atoms with Gasteiger partial charge in [0.15, 0.2) is 16.6 Å². The van der Waals surface area contributed by atoms with Gasteiger partial charge in [-0.25, -0.2) is 9.37 Å². The van der Waals surface area contributed by atoms with E-state index in [2.05, 4.69) is 9.97 Å². The van der Waals surface area contributed by atoms with Crippen LogP contribution >= 0.6 is 11.3 Å². The fourth-order valence-electron chi connectivity index (χ4n) is 3.19. The Morgan fingerprint density at radius 3 is 2.94 bits per heavy atom. The van der Waals surface area contributed by atoms with Gasteiger partial charge in [0.25, 0.3) is 5.91 Å². The van der Waals surface area contributed by atoms with Gasteiger partial charge in [0.1, 0.15) is 5.82 Å². The van der Waals surface area contributed by atoms with Gasteiger partial charge in [-0.1, -0.05) is 23.5 Å². The molecule has 0 radical (unpaired) electrons. The van der Waals surface area contributed by atoms with E-state index in [1.54, 1.807) is 29.4 Å². The van der Waals surface area contributed by atoms with Crippen LogP contribution in [-0.4, -0.2) is 22.7 Å². The lowest BCUT2D eigenvalue weighted by molar-refractivity contribution is -0.114. The molecular weight excluding hydrogens is 417 g/mol. The summed E-state index contributed by atoms with van der Waals surface area (Å²) in [5.74, 6) is 0.745. The first kappa shape index (κ1) is 19.2. The smallest absolute Gasteiger partial charge is 0.253 e. The Hall–Kier alpha value is -3.78. The van der Waals surface area contributed by atoms with Crippen molar-refractivity contribution in [1.29, 1.82) is 0 Å². The zero-order valence-electron chi connectivity index (χ0n) is 16.2. The third kappa shape index (κ3) is 4.10. The molecule has 0 atom stereocenters. The largest absolute Gasteiger partial charge is 0.454 e. The minimum Gasteiger partial charge on any atom is -0.454 e. The van der Waals surface area contributed by atoms with Gasteiger partial charge in [-0.05, 0) is 53.6 Å². The number of hydrogen-bond donors (Lipinski definition) is 0. The molecule has 0 spiro atoms. The Morgan fingerprint density at radius 1 is 1.16 bits per heavy atom. The zero-order valence-corrected chi connectivity index (χ0v) is 17.0. The van der Waals surface area contributed by atoms with Crippen molar-refractivity contribution < 1.29 is 18.7 Å². The second-order valence-corrected chi connectivity index (χ2v) is 7.85. The number of carbonyl (C=O) groups excluding carboxylic acids is 1. The van der Waals surface area contributed by atoms with E-state index in [1.807, 2.05) is 30.3 Å². The van der Waals surface area contributed by atoms with Gasteiger partial charge in [0, 0.05) is 18.5 Å². The minimum absolute atomic E-state index is 0.193. The number of aromatic nitrogens is 2. The summed E-state index contributed by atoms with van der Waals surface area (Å²) in [6, 6.07) is 13.6. The topological polar surface area (TPSA) is 64.6 Å². The van der Waals surface area contributed by atoms with Crippen molar-refractivity contribution in [1.82, 2.24) is 9.97 Å². The van der Waals surface area contributed by atoms with E-state index in [0.29, 0.717) is 33.4 Å². The summed E-state index contributed by atoms with van der Waals surface area (Å²) in [7, 11) is 0. The van der Waals surface area contributed by atoms with Crippen molar-refractivity contribution in [3.05, 3.63) is 83.9 Å². The van der Waals surface area contributed by atoms with E-state index in [9.17, 15) is 9.18 Å². The quantitative estimate of drug-likeness (QED) is 0.423. The molecule has 0 saturated heterocycles. The number of halogens is 1. The second-order valence-electron chi connectivity index (χ2n) is 6.84. The van der Waals surface area contributed by atoms with Crippen LogP contribution in [0.1, 0.15) is 11.1 Å². The Bertz CT molecular complexity index is 1290. The molecule has 8 heteroatoms. The van der Waals surface area contributed by atoms with Gasteiger partial charge in [-0.3, -0.25) is 14.7 Å². The number of benzene rings is 2. The fraction of sp³-hybridized carbons (Fsp3) is 0.0870. The van der Waals surface area contributed by atoms with Crippen LogP contribution in [0.25, 0.3) is 16.3 Å². The van der Waals surface area contributed by atoms with E-state index in [4.69, 9.17) is 9.47 Å². The third-order valence-corrected chi connectivity index (χ3v) is 5.76. The van der Waals surface area contributed by atoms with Crippen LogP contribution in [0, 0.1) is 5.82 Å². The molecule has 154 valence electrons. The lowest BCUT2D eigenvalue weighted by atomic mass is 10.2. The predicted octanol–water partition coefficient (Wildman–Crippen LogP) is 4.81. The van der Waals surface area contributed by atoms with Crippen LogP contribution in [0.4, 0.5) is 9.52 Å². The molecule has 1 aliphatic heterocycles. The Morgan fingerprint density at radius 2 is 2.06 bits per heavy atom. The predicted molar refractivity (Wildman–Crippen MR) is 117 cm³/mol. The number of hydrogen-bond acceptors (Lipinski definition) is 6. The highest BCUT2D eigenvalue weighted by Gasteiger charge is 2.19. The monoisotopic (exact) mass is 433 g/mol. The van der Waals surface area contributed by atoms with Gasteiger partial charge in [0.2, 0.25) is 6.79 Å². The summed E-state index contributed by atoms with van der Waals surface area (Å²) in [4.78, 5) is 23.4. The van der Waals surface area contributed by atoms with Crippen LogP contribution in [0.3, 0.4) is 0 Å². The van der Waals surface area contributed by atoms with Crippen LogP contribution in [0.15, 0.2) is 67.0 Å². The first-order chi connectivity index (χ1) is 15.2. The Labute approximate surface area is 181 Å². The van der Waals surface area contributed by atoms with E-state index >= 15 is 0 Å². The maximum Gasteiger partial charge on any atom is 0.253 e. The summed E-state index contributed by atoms with van der Waals surface area (Å²) in [5.41, 5.74) is 2.31. The van der Waals surface area contributed by atoms with Crippen LogP contribution in [0.5, 0.6) is 11.5 Å². The molecule has 1 aliphatic rings. The molecule has 2 aromatic heterocycles. The number of ether oxygens (including phenoxy) is 2. The van der Waals surface area contributed by atoms with E-state index in [0.717, 1.165) is 11.1 Å². The number of rotatable bonds is 5. The molecule has 2 aromatic carbocycles. The first-order valence-corrected chi connectivity index (χ1v) is 10.3. The molecule has 3 heterocycles. The fourth-order valence-corrected chi connectivity index (χ4v) is 4.19. The number of nitrogens with zero attached hydrogens (tertiary/aromatic N) is 3. The first-order valence-electron chi connectivity index (χ1n) is 9.50. The lowest BCUT2D eigenvalue weighted by Gasteiger charge is -2.18.